The zero-order valence-corrected chi connectivity index (χ0v) is 19.9. The van der Waals surface area contributed by atoms with Gasteiger partial charge >= 0.3 is 0 Å². The van der Waals surface area contributed by atoms with Crippen LogP contribution in [0.3, 0.4) is 0 Å². The number of nitrogens with two attached hydrogens (primary N) is 2. The highest BCUT2D eigenvalue weighted by Crippen LogP contribution is 2.36. The standard InChI is InChI=1S/C27H31FN4O3/c1-3-35-27(26(31)33,22-12-11-21(34-2)16-23(22)28)17-20-10-9-19(25(29)30)15-24(20)32-14-13-18-7-5-4-6-8-18/h4-12,15-16,32H,3,13-14,17H2,1-2H3,(H3,29,30)(H2,31,33). The molecule has 0 aliphatic rings. The maximum absolute atomic E-state index is 15.2. The zero-order valence-electron chi connectivity index (χ0n) is 19.9. The van der Waals surface area contributed by atoms with E-state index in [0.717, 1.165) is 12.0 Å². The molecule has 3 aromatic carbocycles. The number of nitrogen functional groups attached to an aromatic ring is 1. The molecule has 8 heteroatoms. The van der Waals surface area contributed by atoms with E-state index in [1.54, 1.807) is 31.2 Å². The van der Waals surface area contributed by atoms with Crippen molar-refractivity contribution in [3.63, 3.8) is 0 Å². The lowest BCUT2D eigenvalue weighted by molar-refractivity contribution is -0.145. The van der Waals surface area contributed by atoms with Gasteiger partial charge in [-0.3, -0.25) is 10.2 Å². The molecule has 0 saturated carbocycles. The van der Waals surface area contributed by atoms with Crippen molar-refractivity contribution in [2.24, 2.45) is 11.5 Å². The first kappa shape index (κ1) is 25.7. The lowest BCUT2D eigenvalue weighted by atomic mass is 9.84. The van der Waals surface area contributed by atoms with Crippen molar-refractivity contribution >= 4 is 17.4 Å². The van der Waals surface area contributed by atoms with E-state index in [9.17, 15) is 4.79 Å². The fraction of sp³-hybridized carbons (Fsp3) is 0.259. The molecule has 0 radical (unpaired) electrons. The Kier molecular flexibility index (Phi) is 8.43. The minimum absolute atomic E-state index is 0.0225. The van der Waals surface area contributed by atoms with Gasteiger partial charge < -0.3 is 26.3 Å². The SMILES string of the molecule is CCOC(Cc1ccc(C(=N)N)cc1NCCc1ccccc1)(C(N)=O)c1ccc(OC)cc1F. The molecular weight excluding hydrogens is 447 g/mol. The second kappa shape index (κ2) is 11.5. The number of halogens is 1. The number of nitrogens with one attached hydrogen (secondary N) is 2. The van der Waals surface area contributed by atoms with Gasteiger partial charge in [-0.25, -0.2) is 4.39 Å². The molecule has 3 aromatic rings. The number of amides is 1. The van der Waals surface area contributed by atoms with Gasteiger partial charge in [-0.15, -0.1) is 0 Å². The van der Waals surface area contributed by atoms with Crippen molar-refractivity contribution in [3.8, 4) is 5.75 Å². The van der Waals surface area contributed by atoms with E-state index in [0.29, 0.717) is 29.1 Å². The Labute approximate surface area is 204 Å². The topological polar surface area (TPSA) is 123 Å². The number of ether oxygens (including phenoxy) is 2. The molecule has 35 heavy (non-hydrogen) atoms. The van der Waals surface area contributed by atoms with Crippen molar-refractivity contribution in [3.05, 3.63) is 94.8 Å². The van der Waals surface area contributed by atoms with E-state index >= 15 is 4.39 Å². The third kappa shape index (κ3) is 5.96. The van der Waals surface area contributed by atoms with Crippen LogP contribution in [-0.4, -0.2) is 32.0 Å². The minimum Gasteiger partial charge on any atom is -0.497 e. The van der Waals surface area contributed by atoms with E-state index < -0.39 is 17.3 Å². The molecule has 184 valence electrons. The summed E-state index contributed by atoms with van der Waals surface area (Å²) < 4.78 is 26.1. The lowest BCUT2D eigenvalue weighted by Gasteiger charge is -2.32. The molecule has 0 fully saturated rings. The summed E-state index contributed by atoms with van der Waals surface area (Å²) in [5.41, 5.74) is 12.8. The highest BCUT2D eigenvalue weighted by molar-refractivity contribution is 5.96. The van der Waals surface area contributed by atoms with Crippen molar-refractivity contribution in [2.75, 3.05) is 25.6 Å². The van der Waals surface area contributed by atoms with Crippen LogP contribution in [0.1, 0.15) is 29.2 Å². The predicted molar refractivity (Wildman–Crippen MR) is 135 cm³/mol. The maximum atomic E-state index is 15.2. The maximum Gasteiger partial charge on any atom is 0.254 e. The molecule has 1 atom stereocenters. The molecule has 0 aromatic heterocycles. The number of carbonyl (C=O) groups excluding carboxylic acids is 1. The summed E-state index contributed by atoms with van der Waals surface area (Å²) in [5.74, 6) is -1.24. The molecule has 1 amide bonds. The van der Waals surface area contributed by atoms with Crippen LogP contribution in [0.2, 0.25) is 0 Å². The van der Waals surface area contributed by atoms with E-state index in [4.69, 9.17) is 26.4 Å². The van der Waals surface area contributed by atoms with Gasteiger partial charge in [-0.1, -0.05) is 42.5 Å². The molecule has 0 saturated heterocycles. The number of primary amides is 1. The molecule has 3 rings (SSSR count). The summed E-state index contributed by atoms with van der Waals surface area (Å²) in [4.78, 5) is 12.8. The van der Waals surface area contributed by atoms with Crippen molar-refractivity contribution in [1.82, 2.24) is 0 Å². The number of amidine groups is 1. The smallest absolute Gasteiger partial charge is 0.254 e. The Morgan fingerprint density at radius 2 is 1.83 bits per heavy atom. The first-order valence-corrected chi connectivity index (χ1v) is 11.3. The Bertz CT molecular complexity index is 1190. The average molecular weight is 479 g/mol. The van der Waals surface area contributed by atoms with Crippen molar-refractivity contribution in [1.29, 1.82) is 5.41 Å². The fourth-order valence-electron chi connectivity index (χ4n) is 4.03. The summed E-state index contributed by atoms with van der Waals surface area (Å²) in [6.07, 6.45) is 0.732. The highest BCUT2D eigenvalue weighted by atomic mass is 19.1. The molecule has 6 N–H and O–H groups in total. The summed E-state index contributed by atoms with van der Waals surface area (Å²) in [6, 6.07) is 19.4. The Hall–Kier alpha value is -3.91. The summed E-state index contributed by atoms with van der Waals surface area (Å²) in [7, 11) is 1.43. The molecule has 0 spiro atoms. The highest BCUT2D eigenvalue weighted by Gasteiger charge is 2.42. The van der Waals surface area contributed by atoms with Gasteiger partial charge in [0.05, 0.1) is 7.11 Å². The molecule has 0 aliphatic heterocycles. The quantitative estimate of drug-likeness (QED) is 0.233. The van der Waals surface area contributed by atoms with Crippen molar-refractivity contribution < 1.29 is 18.7 Å². The number of rotatable bonds is 12. The zero-order chi connectivity index (χ0) is 25.4. The molecule has 1 unspecified atom stereocenters. The number of hydrogen-bond acceptors (Lipinski definition) is 5. The van der Waals surface area contributed by atoms with Crippen LogP contribution >= 0.6 is 0 Å². The lowest BCUT2D eigenvalue weighted by Crippen LogP contribution is -2.46. The first-order chi connectivity index (χ1) is 16.8. The normalized spacial score (nSPS) is 12.5. The Balaban J connectivity index is 2.01. The second-order valence-electron chi connectivity index (χ2n) is 8.09. The molecule has 0 bridgehead atoms. The largest absolute Gasteiger partial charge is 0.497 e. The van der Waals surface area contributed by atoms with Crippen LogP contribution in [0.4, 0.5) is 10.1 Å². The second-order valence-corrected chi connectivity index (χ2v) is 8.09. The van der Waals surface area contributed by atoms with E-state index in [-0.39, 0.29) is 24.4 Å². The minimum atomic E-state index is -1.75. The van der Waals surface area contributed by atoms with Crippen LogP contribution in [0.15, 0.2) is 66.7 Å². The van der Waals surface area contributed by atoms with Crippen LogP contribution in [-0.2, 0) is 28.0 Å². The van der Waals surface area contributed by atoms with Gasteiger partial charge in [-0.05, 0) is 42.7 Å². The van der Waals surface area contributed by atoms with Gasteiger partial charge in [0.15, 0.2) is 5.60 Å². The first-order valence-electron chi connectivity index (χ1n) is 11.3. The molecule has 0 heterocycles. The van der Waals surface area contributed by atoms with Crippen LogP contribution < -0.4 is 21.5 Å². The Morgan fingerprint density at radius 3 is 2.43 bits per heavy atom. The van der Waals surface area contributed by atoms with E-state index in [2.05, 4.69) is 5.32 Å². The van der Waals surface area contributed by atoms with Crippen LogP contribution in [0, 0.1) is 11.2 Å². The van der Waals surface area contributed by atoms with Gasteiger partial charge in [0.2, 0.25) is 0 Å². The third-order valence-corrected chi connectivity index (χ3v) is 5.83. The summed E-state index contributed by atoms with van der Waals surface area (Å²) in [5, 5.41) is 11.2. The molecular formula is C27H31FN4O3. The molecule has 7 nitrogen and oxygen atoms in total. The van der Waals surface area contributed by atoms with E-state index in [1.807, 2.05) is 30.3 Å². The monoisotopic (exact) mass is 478 g/mol. The number of hydrogen-bond donors (Lipinski definition) is 4. The van der Waals surface area contributed by atoms with Gasteiger partial charge in [-0.2, -0.15) is 0 Å². The number of methoxy groups -OCH3 is 1. The van der Waals surface area contributed by atoms with Gasteiger partial charge in [0.25, 0.3) is 5.91 Å². The van der Waals surface area contributed by atoms with Gasteiger partial charge in [0, 0.05) is 42.5 Å². The van der Waals surface area contributed by atoms with Crippen LogP contribution in [0.25, 0.3) is 0 Å². The average Bonchev–Trinajstić information content (AvgIpc) is 2.84. The summed E-state index contributed by atoms with van der Waals surface area (Å²) in [6.45, 7) is 2.45. The Morgan fingerprint density at radius 1 is 1.09 bits per heavy atom. The summed E-state index contributed by atoms with van der Waals surface area (Å²) >= 11 is 0. The van der Waals surface area contributed by atoms with Gasteiger partial charge in [0.1, 0.15) is 17.4 Å². The number of anilines is 1. The number of benzene rings is 3. The third-order valence-electron chi connectivity index (χ3n) is 5.83. The van der Waals surface area contributed by atoms with Crippen molar-refractivity contribution in [2.45, 2.75) is 25.4 Å². The van der Waals surface area contributed by atoms with E-state index in [1.165, 1.54) is 19.2 Å². The van der Waals surface area contributed by atoms with Crippen LogP contribution in [0.5, 0.6) is 5.75 Å². The fourth-order valence-corrected chi connectivity index (χ4v) is 4.03. The predicted octanol–water partition coefficient (Wildman–Crippen LogP) is 3.73. The number of carbonyl (C=O) groups is 1. The molecule has 0 aliphatic carbocycles.